The van der Waals surface area contributed by atoms with E-state index in [9.17, 15) is 14.4 Å². The third kappa shape index (κ3) is 17.8. The zero-order chi connectivity index (χ0) is 20.3. The van der Waals surface area contributed by atoms with E-state index in [1.54, 1.807) is 0 Å². The zero-order valence-electron chi connectivity index (χ0n) is 17.2. The van der Waals surface area contributed by atoms with Gasteiger partial charge in [0.15, 0.2) is 0 Å². The van der Waals surface area contributed by atoms with Crippen LogP contribution in [0.4, 0.5) is 0 Å². The van der Waals surface area contributed by atoms with Crippen molar-refractivity contribution in [2.75, 3.05) is 0 Å². The molecule has 0 aliphatic carbocycles. The Kier molecular flexibility index (Phi) is 17.1. The first-order valence-corrected chi connectivity index (χ1v) is 10.9. The molecule has 0 rings (SSSR count). The molecular weight excluding hydrogens is 344 g/mol. The predicted molar refractivity (Wildman–Crippen MR) is 108 cm³/mol. The Balaban J connectivity index is 3.36. The molecule has 5 heteroatoms. The maximum atomic E-state index is 11.9. The van der Waals surface area contributed by atoms with Gasteiger partial charge in [0.1, 0.15) is 5.78 Å². The second-order valence-electron chi connectivity index (χ2n) is 7.70. The van der Waals surface area contributed by atoms with Gasteiger partial charge in [-0.1, -0.05) is 77.6 Å². The van der Waals surface area contributed by atoms with Crippen molar-refractivity contribution in [1.29, 1.82) is 0 Å². The van der Waals surface area contributed by atoms with E-state index >= 15 is 0 Å². The standard InChI is InChI=1S/C22H40O5/c1-2-15-19(22(26)27)18-20(23)16-13-11-9-7-5-3-4-6-8-10-12-14-17-21(24)25/h19H,2-18H2,1H3,(H,24,25)(H,26,27). The molecule has 5 nitrogen and oxygen atoms in total. The van der Waals surface area contributed by atoms with Gasteiger partial charge in [0, 0.05) is 19.3 Å². The van der Waals surface area contributed by atoms with Crippen LogP contribution in [0.1, 0.15) is 116 Å². The van der Waals surface area contributed by atoms with Crippen molar-refractivity contribution in [3.05, 3.63) is 0 Å². The molecule has 158 valence electrons. The summed E-state index contributed by atoms with van der Waals surface area (Å²) in [5.41, 5.74) is 0. The summed E-state index contributed by atoms with van der Waals surface area (Å²) < 4.78 is 0. The summed E-state index contributed by atoms with van der Waals surface area (Å²) >= 11 is 0. The van der Waals surface area contributed by atoms with Crippen LogP contribution in [0.2, 0.25) is 0 Å². The molecule has 1 atom stereocenters. The van der Waals surface area contributed by atoms with Crippen molar-refractivity contribution in [2.45, 2.75) is 116 Å². The maximum absolute atomic E-state index is 11.9. The average Bonchev–Trinajstić information content (AvgIpc) is 2.61. The number of hydrogen-bond acceptors (Lipinski definition) is 3. The Morgan fingerprint density at radius 3 is 1.44 bits per heavy atom. The molecule has 0 aliphatic heterocycles. The minimum absolute atomic E-state index is 0.0965. The van der Waals surface area contributed by atoms with Crippen molar-refractivity contribution in [3.63, 3.8) is 0 Å². The molecule has 0 heterocycles. The molecule has 0 aromatic carbocycles. The van der Waals surface area contributed by atoms with Crippen molar-refractivity contribution in [3.8, 4) is 0 Å². The van der Waals surface area contributed by atoms with E-state index in [2.05, 4.69) is 0 Å². The fourth-order valence-electron chi connectivity index (χ4n) is 3.40. The van der Waals surface area contributed by atoms with Gasteiger partial charge in [0.2, 0.25) is 0 Å². The Morgan fingerprint density at radius 1 is 0.667 bits per heavy atom. The number of ketones is 1. The van der Waals surface area contributed by atoms with Crippen molar-refractivity contribution < 1.29 is 24.6 Å². The number of unbranched alkanes of at least 4 members (excludes halogenated alkanes) is 11. The van der Waals surface area contributed by atoms with Gasteiger partial charge < -0.3 is 10.2 Å². The van der Waals surface area contributed by atoms with E-state index in [1.165, 1.54) is 38.5 Å². The third-order valence-corrected chi connectivity index (χ3v) is 5.06. The van der Waals surface area contributed by atoms with E-state index in [0.717, 1.165) is 44.9 Å². The maximum Gasteiger partial charge on any atom is 0.306 e. The highest BCUT2D eigenvalue weighted by Gasteiger charge is 2.19. The van der Waals surface area contributed by atoms with Gasteiger partial charge in [0.05, 0.1) is 5.92 Å². The SMILES string of the molecule is CCCC(CC(=O)CCCCCCCCCCCCCCC(=O)O)C(=O)O. The number of carboxylic acid groups (broad SMARTS) is 2. The van der Waals surface area contributed by atoms with Crippen LogP contribution in [0.15, 0.2) is 0 Å². The molecule has 0 fully saturated rings. The number of rotatable bonds is 20. The number of carboxylic acids is 2. The largest absolute Gasteiger partial charge is 0.481 e. The van der Waals surface area contributed by atoms with Gasteiger partial charge in [-0.3, -0.25) is 14.4 Å². The summed E-state index contributed by atoms with van der Waals surface area (Å²) in [6.07, 6.45) is 15.9. The van der Waals surface area contributed by atoms with Gasteiger partial charge in [0.25, 0.3) is 0 Å². The van der Waals surface area contributed by atoms with Gasteiger partial charge in [-0.15, -0.1) is 0 Å². The number of carbonyl (C=O) groups excluding carboxylic acids is 1. The van der Waals surface area contributed by atoms with Crippen LogP contribution in [0.25, 0.3) is 0 Å². The Labute approximate surface area is 164 Å². The first kappa shape index (κ1) is 25.6. The Bertz CT molecular complexity index is 406. The van der Waals surface area contributed by atoms with Crippen LogP contribution < -0.4 is 0 Å². The number of carbonyl (C=O) groups is 3. The highest BCUT2D eigenvalue weighted by molar-refractivity contribution is 5.83. The third-order valence-electron chi connectivity index (χ3n) is 5.06. The highest BCUT2D eigenvalue weighted by Crippen LogP contribution is 2.16. The lowest BCUT2D eigenvalue weighted by Crippen LogP contribution is -2.17. The summed E-state index contributed by atoms with van der Waals surface area (Å²) in [7, 11) is 0. The first-order chi connectivity index (χ1) is 13.0. The number of hydrogen-bond donors (Lipinski definition) is 2. The molecule has 0 aromatic rings. The molecule has 0 radical (unpaired) electrons. The summed E-state index contributed by atoms with van der Waals surface area (Å²) in [4.78, 5) is 33.3. The van der Waals surface area contributed by atoms with Crippen LogP contribution in [0.5, 0.6) is 0 Å². The molecule has 1 unspecified atom stereocenters. The molecular formula is C22H40O5. The molecule has 0 saturated carbocycles. The van der Waals surface area contributed by atoms with Gasteiger partial charge >= 0.3 is 11.9 Å². The minimum atomic E-state index is -0.842. The van der Waals surface area contributed by atoms with Crippen LogP contribution in [0.3, 0.4) is 0 Å². The van der Waals surface area contributed by atoms with E-state index in [4.69, 9.17) is 10.2 Å². The van der Waals surface area contributed by atoms with Gasteiger partial charge in [-0.2, -0.15) is 0 Å². The highest BCUT2D eigenvalue weighted by atomic mass is 16.4. The number of aliphatic carboxylic acids is 2. The molecule has 0 saturated heterocycles. The first-order valence-electron chi connectivity index (χ1n) is 10.9. The lowest BCUT2D eigenvalue weighted by Gasteiger charge is -2.09. The van der Waals surface area contributed by atoms with Crippen LogP contribution in [-0.2, 0) is 14.4 Å². The van der Waals surface area contributed by atoms with Gasteiger partial charge in [-0.25, -0.2) is 0 Å². The monoisotopic (exact) mass is 384 g/mol. The molecule has 2 N–H and O–H groups in total. The topological polar surface area (TPSA) is 91.7 Å². The molecule has 27 heavy (non-hydrogen) atoms. The quantitative estimate of drug-likeness (QED) is 0.251. The minimum Gasteiger partial charge on any atom is -0.481 e. The van der Waals surface area contributed by atoms with Crippen LogP contribution in [-0.4, -0.2) is 27.9 Å². The summed E-state index contributed by atoms with van der Waals surface area (Å²) in [6, 6.07) is 0. The van der Waals surface area contributed by atoms with Crippen molar-refractivity contribution >= 4 is 17.7 Å². The Morgan fingerprint density at radius 2 is 1.07 bits per heavy atom. The molecule has 0 aromatic heterocycles. The van der Waals surface area contributed by atoms with Crippen molar-refractivity contribution in [2.24, 2.45) is 5.92 Å². The normalized spacial score (nSPS) is 12.0. The lowest BCUT2D eigenvalue weighted by molar-refractivity contribution is -0.144. The summed E-state index contributed by atoms with van der Waals surface area (Å²) in [5.74, 6) is -1.94. The van der Waals surface area contributed by atoms with Gasteiger partial charge in [-0.05, 0) is 19.3 Å². The van der Waals surface area contributed by atoms with Crippen LogP contribution in [0, 0.1) is 5.92 Å². The fourth-order valence-corrected chi connectivity index (χ4v) is 3.40. The molecule has 0 amide bonds. The smallest absolute Gasteiger partial charge is 0.306 e. The average molecular weight is 385 g/mol. The molecule has 0 spiro atoms. The molecule has 0 bridgehead atoms. The summed E-state index contributed by atoms with van der Waals surface area (Å²) in [5, 5.41) is 17.6. The lowest BCUT2D eigenvalue weighted by atomic mass is 9.95. The second-order valence-corrected chi connectivity index (χ2v) is 7.70. The van der Waals surface area contributed by atoms with E-state index in [1.807, 2.05) is 6.92 Å². The second kappa shape index (κ2) is 18.0. The summed E-state index contributed by atoms with van der Waals surface area (Å²) in [6.45, 7) is 1.95. The zero-order valence-corrected chi connectivity index (χ0v) is 17.2. The number of Topliss-reactive ketones (excluding diaryl/α,β-unsaturated/α-hetero) is 1. The molecule has 0 aliphatic rings. The van der Waals surface area contributed by atoms with E-state index in [-0.39, 0.29) is 12.2 Å². The van der Waals surface area contributed by atoms with E-state index in [0.29, 0.717) is 19.3 Å². The van der Waals surface area contributed by atoms with Crippen LogP contribution >= 0.6 is 0 Å². The Hall–Kier alpha value is -1.39. The predicted octanol–water partition coefficient (Wildman–Crippen LogP) is 5.99. The fraction of sp³-hybridized carbons (Fsp3) is 0.864. The van der Waals surface area contributed by atoms with E-state index < -0.39 is 17.9 Å². The van der Waals surface area contributed by atoms with Crippen molar-refractivity contribution in [1.82, 2.24) is 0 Å².